The summed E-state index contributed by atoms with van der Waals surface area (Å²) in [5.74, 6) is 1.41. The van der Waals surface area contributed by atoms with E-state index >= 15 is 0 Å². The summed E-state index contributed by atoms with van der Waals surface area (Å²) in [6, 6.07) is 2.51. The van der Waals surface area contributed by atoms with Gasteiger partial charge < -0.3 is 10.2 Å². The average Bonchev–Trinajstić information content (AvgIpc) is 3.58. The van der Waals surface area contributed by atoms with Crippen LogP contribution in [0, 0.1) is 6.92 Å². The Labute approximate surface area is 193 Å². The smallest absolute Gasteiger partial charge is 0.223 e. The van der Waals surface area contributed by atoms with E-state index in [0.29, 0.717) is 38.2 Å². The lowest BCUT2D eigenvalue weighted by Crippen LogP contribution is -2.66. The van der Waals surface area contributed by atoms with Gasteiger partial charge in [0.2, 0.25) is 16.0 Å². The van der Waals surface area contributed by atoms with Gasteiger partial charge in [-0.25, -0.2) is 32.1 Å². The van der Waals surface area contributed by atoms with Crippen LogP contribution in [-0.4, -0.2) is 95.3 Å². The number of anilines is 2. The van der Waals surface area contributed by atoms with E-state index in [0.717, 1.165) is 61.2 Å². The Balaban J connectivity index is 1.14. The number of nitrogens with one attached hydrogen (secondary N) is 1. The maximum atomic E-state index is 13.2. The molecule has 4 fully saturated rings. The number of sulfonamides is 1. The van der Waals surface area contributed by atoms with Crippen LogP contribution in [0.4, 0.5) is 16.2 Å². The molecule has 6 rings (SSSR count). The number of pyridine rings is 1. The molecule has 0 aromatic carbocycles. The Kier molecular flexibility index (Phi) is 5.19. The second-order valence-corrected chi connectivity index (χ2v) is 12.1. The molecule has 9 nitrogen and oxygen atoms in total. The van der Waals surface area contributed by atoms with E-state index in [-0.39, 0.29) is 11.3 Å². The summed E-state index contributed by atoms with van der Waals surface area (Å²) in [6.45, 7) is 5.80. The first-order valence-corrected chi connectivity index (χ1v) is 13.4. The number of alkyl halides is 1. The van der Waals surface area contributed by atoms with Gasteiger partial charge >= 0.3 is 0 Å². The summed E-state index contributed by atoms with van der Waals surface area (Å²) in [4.78, 5) is 18.5. The van der Waals surface area contributed by atoms with E-state index in [9.17, 15) is 12.8 Å². The Morgan fingerprint density at radius 3 is 2.45 bits per heavy atom. The van der Waals surface area contributed by atoms with Crippen molar-refractivity contribution >= 4 is 32.7 Å². The first-order valence-electron chi connectivity index (χ1n) is 11.9. The van der Waals surface area contributed by atoms with E-state index in [1.165, 1.54) is 0 Å². The molecule has 2 aromatic heterocycles. The number of nitrogens with zero attached hydrogens (tertiary/aromatic N) is 6. The van der Waals surface area contributed by atoms with Gasteiger partial charge in [-0.2, -0.15) is 0 Å². The third-order valence-corrected chi connectivity index (χ3v) is 9.71. The number of piperidine rings is 1. The Morgan fingerprint density at radius 2 is 1.79 bits per heavy atom. The number of hydrogen-bond donors (Lipinski definition) is 1. The molecule has 0 unspecified atom stereocenters. The van der Waals surface area contributed by atoms with Crippen molar-refractivity contribution in [2.24, 2.45) is 0 Å². The minimum absolute atomic E-state index is 0.142. The first kappa shape index (κ1) is 21.4. The molecule has 0 spiro atoms. The number of aryl methyl sites for hydroxylation is 1. The average molecular weight is 476 g/mol. The van der Waals surface area contributed by atoms with Crippen LogP contribution in [0.1, 0.15) is 31.4 Å². The maximum absolute atomic E-state index is 13.2. The van der Waals surface area contributed by atoms with Gasteiger partial charge in [0.15, 0.2) is 5.82 Å². The van der Waals surface area contributed by atoms with Crippen molar-refractivity contribution in [1.29, 1.82) is 0 Å². The topological polar surface area (TPSA) is 94.6 Å². The monoisotopic (exact) mass is 475 g/mol. The number of rotatable bonds is 6. The van der Waals surface area contributed by atoms with Gasteiger partial charge in [0.1, 0.15) is 11.7 Å². The van der Waals surface area contributed by atoms with Crippen LogP contribution in [0.5, 0.6) is 0 Å². The zero-order valence-electron chi connectivity index (χ0n) is 18.8. The highest BCUT2D eigenvalue weighted by Crippen LogP contribution is 2.33. The van der Waals surface area contributed by atoms with Crippen molar-refractivity contribution in [3.8, 4) is 0 Å². The second kappa shape index (κ2) is 7.99. The molecular weight excluding hydrogens is 445 g/mol. The summed E-state index contributed by atoms with van der Waals surface area (Å²) >= 11 is 0. The fraction of sp³-hybridized carbons (Fsp3) is 0.682. The van der Waals surface area contributed by atoms with Crippen molar-refractivity contribution in [3.63, 3.8) is 0 Å². The number of fused-ring (bicyclic) bond motifs is 1. The van der Waals surface area contributed by atoms with Crippen LogP contribution in [0.3, 0.4) is 0 Å². The quantitative estimate of drug-likeness (QED) is 0.673. The number of aromatic nitrogens is 3. The molecule has 1 N–H and O–H groups in total. The number of likely N-dealkylation sites (tertiary alicyclic amines) is 1. The summed E-state index contributed by atoms with van der Waals surface area (Å²) in [7, 11) is -3.11. The van der Waals surface area contributed by atoms with Gasteiger partial charge in [-0.05, 0) is 38.7 Å². The summed E-state index contributed by atoms with van der Waals surface area (Å²) in [5.41, 5.74) is 1.74. The molecule has 0 radical (unpaired) electrons. The van der Waals surface area contributed by atoms with Gasteiger partial charge in [-0.15, -0.1) is 0 Å². The van der Waals surface area contributed by atoms with Crippen molar-refractivity contribution in [2.75, 3.05) is 49.5 Å². The SMILES string of the molecule is Cc1cc2cnc(NC3CCN(S(=O)(=O)C4CC4)CC3)nc2c(N2CC(N3CC(F)C3)C2)n1. The third-order valence-electron chi connectivity index (χ3n) is 7.31. The number of halogens is 1. The van der Waals surface area contributed by atoms with Gasteiger partial charge in [-0.1, -0.05) is 0 Å². The van der Waals surface area contributed by atoms with Crippen LogP contribution in [-0.2, 0) is 10.0 Å². The molecule has 1 saturated carbocycles. The molecule has 33 heavy (non-hydrogen) atoms. The summed E-state index contributed by atoms with van der Waals surface area (Å²) < 4.78 is 39.8. The molecular formula is C22H30FN7O2S. The standard InChI is InChI=1S/C22H30FN7O2S/c1-14-8-15-9-24-22(26-17-4-6-30(7-5-17)33(31,32)19-2-3-19)27-20(15)21(25-14)29-12-18(13-29)28-10-16(23)11-28/h8-9,16-19H,2-7,10-13H2,1H3,(H,24,26,27). The van der Waals surface area contributed by atoms with E-state index in [1.54, 1.807) is 4.31 Å². The fourth-order valence-electron chi connectivity index (χ4n) is 5.07. The zero-order chi connectivity index (χ0) is 22.7. The lowest BCUT2D eigenvalue weighted by Gasteiger charge is -2.50. The molecule has 11 heteroatoms. The Hall–Kier alpha value is -2.11. The highest BCUT2D eigenvalue weighted by Gasteiger charge is 2.42. The number of hydrogen-bond acceptors (Lipinski definition) is 8. The lowest BCUT2D eigenvalue weighted by molar-refractivity contribution is 0.0171. The van der Waals surface area contributed by atoms with Gasteiger partial charge in [0, 0.05) is 68.6 Å². The van der Waals surface area contributed by atoms with Crippen molar-refractivity contribution in [1.82, 2.24) is 24.2 Å². The minimum Gasteiger partial charge on any atom is -0.352 e. The van der Waals surface area contributed by atoms with Crippen molar-refractivity contribution in [2.45, 2.75) is 56.1 Å². The molecule has 3 saturated heterocycles. The molecule has 5 heterocycles. The largest absolute Gasteiger partial charge is 0.352 e. The van der Waals surface area contributed by atoms with E-state index in [2.05, 4.69) is 20.1 Å². The predicted octanol–water partition coefficient (Wildman–Crippen LogP) is 1.54. The molecule has 1 aliphatic carbocycles. The van der Waals surface area contributed by atoms with E-state index in [1.807, 2.05) is 19.2 Å². The van der Waals surface area contributed by atoms with Crippen LogP contribution >= 0.6 is 0 Å². The van der Waals surface area contributed by atoms with Gasteiger partial charge in [0.05, 0.1) is 5.25 Å². The Bertz CT molecular complexity index is 1150. The maximum Gasteiger partial charge on any atom is 0.223 e. The predicted molar refractivity (Wildman–Crippen MR) is 125 cm³/mol. The van der Waals surface area contributed by atoms with Crippen molar-refractivity contribution in [3.05, 3.63) is 18.0 Å². The van der Waals surface area contributed by atoms with Gasteiger partial charge in [0.25, 0.3) is 0 Å². The van der Waals surface area contributed by atoms with Crippen LogP contribution in [0.2, 0.25) is 0 Å². The third kappa shape index (κ3) is 4.04. The van der Waals surface area contributed by atoms with Gasteiger partial charge in [-0.3, -0.25) is 4.90 Å². The zero-order valence-corrected chi connectivity index (χ0v) is 19.6. The van der Waals surface area contributed by atoms with Crippen LogP contribution in [0.25, 0.3) is 10.9 Å². The molecule has 2 aromatic rings. The molecule has 0 atom stereocenters. The normalized spacial score (nSPS) is 24.1. The molecule has 4 aliphatic rings. The highest BCUT2D eigenvalue weighted by atomic mass is 32.2. The summed E-state index contributed by atoms with van der Waals surface area (Å²) in [6.07, 6.45) is 4.23. The first-order chi connectivity index (χ1) is 15.9. The van der Waals surface area contributed by atoms with Crippen molar-refractivity contribution < 1.29 is 12.8 Å². The molecule has 3 aliphatic heterocycles. The Morgan fingerprint density at radius 1 is 1.06 bits per heavy atom. The van der Waals surface area contributed by atoms with E-state index < -0.39 is 16.2 Å². The van der Waals surface area contributed by atoms with Crippen LogP contribution in [0.15, 0.2) is 12.3 Å². The molecule has 0 bridgehead atoms. The highest BCUT2D eigenvalue weighted by molar-refractivity contribution is 7.90. The molecule has 178 valence electrons. The summed E-state index contributed by atoms with van der Waals surface area (Å²) in [5, 5.41) is 4.21. The van der Waals surface area contributed by atoms with Crippen LogP contribution < -0.4 is 10.2 Å². The fourth-order valence-corrected chi connectivity index (χ4v) is 6.94. The van der Waals surface area contributed by atoms with E-state index in [4.69, 9.17) is 9.97 Å². The molecule has 0 amide bonds. The lowest BCUT2D eigenvalue weighted by atomic mass is 10.0. The minimum atomic E-state index is -3.11. The second-order valence-electron chi connectivity index (χ2n) is 9.89.